The fraction of sp³-hybridized carbons (Fsp3) is 0.176. The molecule has 0 saturated carbocycles. The largest absolute Gasteiger partial charge is 0.300 e. The second-order valence-electron chi connectivity index (χ2n) is 5.09. The lowest BCUT2D eigenvalue weighted by Crippen LogP contribution is -1.94. The quantitative estimate of drug-likeness (QED) is 0.715. The Morgan fingerprint density at radius 1 is 1.24 bits per heavy atom. The summed E-state index contributed by atoms with van der Waals surface area (Å²) in [5, 5.41) is 9.05. The molecule has 2 aromatic heterocycles. The van der Waals surface area contributed by atoms with Crippen molar-refractivity contribution < 1.29 is 4.39 Å². The van der Waals surface area contributed by atoms with Crippen molar-refractivity contribution in [1.29, 1.82) is 5.26 Å². The van der Waals surface area contributed by atoms with Crippen molar-refractivity contribution in [1.82, 2.24) is 9.38 Å². The Labute approximate surface area is 122 Å². The van der Waals surface area contributed by atoms with Gasteiger partial charge in [-0.15, -0.1) is 0 Å². The van der Waals surface area contributed by atoms with Crippen LogP contribution in [0.1, 0.15) is 16.8 Å². The molecular weight excluding hydrogens is 265 g/mol. The Balaban J connectivity index is 2.31. The van der Waals surface area contributed by atoms with Gasteiger partial charge < -0.3 is 0 Å². The predicted octanol–water partition coefficient (Wildman–Crippen LogP) is 3.82. The lowest BCUT2D eigenvalue weighted by molar-refractivity contribution is 0.629. The highest BCUT2D eigenvalue weighted by Gasteiger charge is 2.16. The van der Waals surface area contributed by atoms with Crippen LogP contribution in [0.5, 0.6) is 0 Å². The highest BCUT2D eigenvalue weighted by molar-refractivity contribution is 5.68. The van der Waals surface area contributed by atoms with Gasteiger partial charge >= 0.3 is 0 Å². The molecule has 0 aliphatic heterocycles. The van der Waals surface area contributed by atoms with Crippen LogP contribution in [0.2, 0.25) is 0 Å². The van der Waals surface area contributed by atoms with Crippen LogP contribution in [0, 0.1) is 31.0 Å². The Morgan fingerprint density at radius 2 is 2.05 bits per heavy atom. The summed E-state index contributed by atoms with van der Waals surface area (Å²) in [6.07, 6.45) is 1.93. The van der Waals surface area contributed by atoms with Crippen LogP contribution in [-0.4, -0.2) is 9.38 Å². The summed E-state index contributed by atoms with van der Waals surface area (Å²) in [4.78, 5) is 4.41. The van der Waals surface area contributed by atoms with E-state index in [4.69, 9.17) is 5.26 Å². The van der Waals surface area contributed by atoms with Crippen molar-refractivity contribution in [3.05, 3.63) is 59.2 Å². The lowest BCUT2D eigenvalue weighted by atomic mass is 10.0. The van der Waals surface area contributed by atoms with Crippen LogP contribution in [0.4, 0.5) is 4.39 Å². The third kappa shape index (κ3) is 2.17. The number of halogens is 1. The summed E-state index contributed by atoms with van der Waals surface area (Å²) >= 11 is 0. The maximum absolute atomic E-state index is 13.9. The van der Waals surface area contributed by atoms with Gasteiger partial charge in [0.15, 0.2) is 11.5 Å². The highest BCUT2D eigenvalue weighted by Crippen LogP contribution is 2.27. The molecule has 0 N–H and O–H groups in total. The minimum atomic E-state index is -0.383. The van der Waals surface area contributed by atoms with Crippen LogP contribution in [0.15, 0.2) is 36.5 Å². The molecule has 2 heterocycles. The first kappa shape index (κ1) is 13.3. The first-order valence-electron chi connectivity index (χ1n) is 6.72. The fourth-order valence-electron chi connectivity index (χ4n) is 2.45. The number of imidazole rings is 1. The first-order chi connectivity index (χ1) is 10.1. The molecule has 0 fully saturated rings. The Bertz CT molecular complexity index is 872. The summed E-state index contributed by atoms with van der Waals surface area (Å²) in [5.41, 5.74) is 4.89. The number of rotatable bonds is 2. The summed E-state index contributed by atoms with van der Waals surface area (Å²) in [7, 11) is 0. The third-order valence-electron chi connectivity index (χ3n) is 3.73. The standard InChI is InChI=1S/C17H14FN3/c1-11-5-6-13(10-12(11)2)16-15(7-8-19)21-9-3-4-14(18)17(21)20-16/h3-6,9-10H,7H2,1-2H3. The van der Waals surface area contributed by atoms with Crippen LogP contribution in [0.3, 0.4) is 0 Å². The number of benzene rings is 1. The van der Waals surface area contributed by atoms with E-state index < -0.39 is 0 Å². The molecule has 1 aromatic carbocycles. The Hall–Kier alpha value is -2.67. The van der Waals surface area contributed by atoms with Crippen LogP contribution in [-0.2, 0) is 6.42 Å². The van der Waals surface area contributed by atoms with E-state index in [1.807, 2.05) is 32.0 Å². The number of fused-ring (bicyclic) bond motifs is 1. The van der Waals surface area contributed by atoms with Gasteiger partial charge in [0.05, 0.1) is 23.9 Å². The molecule has 0 radical (unpaired) electrons. The van der Waals surface area contributed by atoms with Gasteiger partial charge in [-0.1, -0.05) is 12.1 Å². The summed E-state index contributed by atoms with van der Waals surface area (Å²) in [6.45, 7) is 4.07. The molecule has 4 heteroatoms. The number of aromatic nitrogens is 2. The average molecular weight is 279 g/mol. The molecule has 0 unspecified atom stereocenters. The smallest absolute Gasteiger partial charge is 0.174 e. The topological polar surface area (TPSA) is 41.1 Å². The van der Waals surface area contributed by atoms with E-state index in [1.54, 1.807) is 16.7 Å². The zero-order valence-electron chi connectivity index (χ0n) is 11.9. The van der Waals surface area contributed by atoms with Crippen molar-refractivity contribution in [2.45, 2.75) is 20.3 Å². The Kier molecular flexibility index (Phi) is 3.19. The van der Waals surface area contributed by atoms with E-state index >= 15 is 0 Å². The minimum absolute atomic E-state index is 0.187. The van der Waals surface area contributed by atoms with Gasteiger partial charge in [-0.25, -0.2) is 9.37 Å². The van der Waals surface area contributed by atoms with E-state index in [1.165, 1.54) is 11.6 Å². The molecule has 0 bridgehead atoms. The Morgan fingerprint density at radius 3 is 2.76 bits per heavy atom. The van der Waals surface area contributed by atoms with E-state index in [2.05, 4.69) is 11.1 Å². The minimum Gasteiger partial charge on any atom is -0.300 e. The third-order valence-corrected chi connectivity index (χ3v) is 3.73. The van der Waals surface area contributed by atoms with E-state index in [0.29, 0.717) is 5.69 Å². The van der Waals surface area contributed by atoms with Crippen LogP contribution >= 0.6 is 0 Å². The zero-order chi connectivity index (χ0) is 15.0. The molecule has 0 atom stereocenters. The molecule has 3 rings (SSSR count). The highest BCUT2D eigenvalue weighted by atomic mass is 19.1. The second-order valence-corrected chi connectivity index (χ2v) is 5.09. The molecule has 0 spiro atoms. The SMILES string of the molecule is Cc1ccc(-c2nc3c(F)cccn3c2CC#N)cc1C. The number of nitrogens with zero attached hydrogens (tertiary/aromatic N) is 3. The van der Waals surface area contributed by atoms with Gasteiger partial charge in [-0.05, 0) is 43.2 Å². The maximum Gasteiger partial charge on any atom is 0.174 e. The van der Waals surface area contributed by atoms with Crippen molar-refractivity contribution in [3.8, 4) is 17.3 Å². The van der Waals surface area contributed by atoms with Gasteiger partial charge in [0.25, 0.3) is 0 Å². The summed E-state index contributed by atoms with van der Waals surface area (Å²) in [6, 6.07) is 11.1. The van der Waals surface area contributed by atoms with E-state index in [9.17, 15) is 4.39 Å². The summed E-state index contributed by atoms with van der Waals surface area (Å²) in [5.74, 6) is -0.383. The molecular formula is C17H14FN3. The van der Waals surface area contributed by atoms with Crippen LogP contribution in [0.25, 0.3) is 16.9 Å². The molecule has 0 saturated heterocycles. The van der Waals surface area contributed by atoms with E-state index in [0.717, 1.165) is 16.8 Å². The molecule has 0 aliphatic carbocycles. The number of hydrogen-bond donors (Lipinski definition) is 0. The van der Waals surface area contributed by atoms with Gasteiger partial charge in [0.1, 0.15) is 0 Å². The van der Waals surface area contributed by atoms with Crippen molar-refractivity contribution >= 4 is 5.65 Å². The maximum atomic E-state index is 13.9. The molecule has 104 valence electrons. The molecule has 3 nitrogen and oxygen atoms in total. The van der Waals surface area contributed by atoms with Gasteiger partial charge in [-0.2, -0.15) is 5.26 Å². The fourth-order valence-corrected chi connectivity index (χ4v) is 2.45. The van der Waals surface area contributed by atoms with Crippen LogP contribution < -0.4 is 0 Å². The van der Waals surface area contributed by atoms with Crippen molar-refractivity contribution in [3.63, 3.8) is 0 Å². The number of hydrogen-bond acceptors (Lipinski definition) is 2. The van der Waals surface area contributed by atoms with Crippen molar-refractivity contribution in [2.75, 3.05) is 0 Å². The van der Waals surface area contributed by atoms with Gasteiger partial charge in [0.2, 0.25) is 0 Å². The second kappa shape index (κ2) is 5.02. The number of aryl methyl sites for hydroxylation is 2. The summed E-state index contributed by atoms with van der Waals surface area (Å²) < 4.78 is 15.6. The molecule has 21 heavy (non-hydrogen) atoms. The molecule has 0 aliphatic rings. The van der Waals surface area contributed by atoms with E-state index in [-0.39, 0.29) is 17.9 Å². The lowest BCUT2D eigenvalue weighted by Gasteiger charge is -2.05. The van der Waals surface area contributed by atoms with Gasteiger partial charge in [-0.3, -0.25) is 4.40 Å². The predicted molar refractivity (Wildman–Crippen MR) is 79.4 cm³/mol. The monoisotopic (exact) mass is 279 g/mol. The average Bonchev–Trinajstić information content (AvgIpc) is 2.83. The molecule has 3 aromatic rings. The number of nitriles is 1. The number of pyridine rings is 1. The zero-order valence-corrected chi connectivity index (χ0v) is 11.9. The first-order valence-corrected chi connectivity index (χ1v) is 6.72. The molecule has 0 amide bonds. The van der Waals surface area contributed by atoms with Gasteiger partial charge in [0, 0.05) is 11.8 Å². The normalized spacial score (nSPS) is 10.8. The van der Waals surface area contributed by atoms with Crippen molar-refractivity contribution in [2.24, 2.45) is 0 Å².